The Morgan fingerprint density at radius 2 is 1.86 bits per heavy atom. The van der Waals surface area contributed by atoms with Gasteiger partial charge < -0.3 is 9.47 Å². The van der Waals surface area contributed by atoms with Crippen LogP contribution in [0.15, 0.2) is 35.7 Å². The zero-order chi connectivity index (χ0) is 15.0. The van der Waals surface area contributed by atoms with Crippen LogP contribution in [0, 0.1) is 5.92 Å². The van der Waals surface area contributed by atoms with E-state index in [0.717, 1.165) is 16.2 Å². The summed E-state index contributed by atoms with van der Waals surface area (Å²) in [5, 5.41) is 1.88. The first-order chi connectivity index (χ1) is 10.2. The van der Waals surface area contributed by atoms with Crippen molar-refractivity contribution >= 4 is 23.1 Å². The molecule has 0 amide bonds. The minimum atomic E-state index is -0.786. The van der Waals surface area contributed by atoms with Crippen molar-refractivity contribution in [3.63, 3.8) is 0 Å². The molecule has 2 aromatic rings. The molecule has 0 unspecified atom stereocenters. The Morgan fingerprint density at radius 3 is 2.48 bits per heavy atom. The molecule has 1 aliphatic rings. The van der Waals surface area contributed by atoms with E-state index >= 15 is 0 Å². The van der Waals surface area contributed by atoms with Crippen molar-refractivity contribution in [3.05, 3.63) is 51.7 Å². The average Bonchev–Trinajstić information content (AvgIpc) is 3.09. The van der Waals surface area contributed by atoms with Gasteiger partial charge in [-0.1, -0.05) is 12.1 Å². The summed E-state index contributed by atoms with van der Waals surface area (Å²) in [4.78, 5) is 25.4. The largest absolute Gasteiger partial charge is 0.497 e. The Balaban J connectivity index is 2.07. The molecule has 0 saturated carbocycles. The van der Waals surface area contributed by atoms with Crippen molar-refractivity contribution in [1.29, 1.82) is 0 Å². The molecule has 0 radical (unpaired) electrons. The van der Waals surface area contributed by atoms with Crippen LogP contribution in [-0.2, 0) is 9.53 Å². The number of ether oxygens (including phenoxy) is 2. The van der Waals surface area contributed by atoms with Crippen LogP contribution in [0.25, 0.3) is 0 Å². The molecule has 0 saturated heterocycles. The van der Waals surface area contributed by atoms with Crippen LogP contribution < -0.4 is 4.74 Å². The third kappa shape index (κ3) is 2.14. The summed E-state index contributed by atoms with van der Waals surface area (Å²) in [5.41, 5.74) is 1.55. The predicted octanol–water partition coefficient (Wildman–Crippen LogP) is 2.87. The van der Waals surface area contributed by atoms with E-state index in [4.69, 9.17) is 9.47 Å². The van der Waals surface area contributed by atoms with Gasteiger partial charge in [-0.25, -0.2) is 0 Å². The van der Waals surface area contributed by atoms with E-state index in [-0.39, 0.29) is 11.7 Å². The normalized spacial score (nSPS) is 20.2. The quantitative estimate of drug-likeness (QED) is 0.646. The molecule has 0 aliphatic heterocycles. The smallest absolute Gasteiger partial charge is 0.317 e. The van der Waals surface area contributed by atoms with E-state index in [1.54, 1.807) is 13.2 Å². The summed E-state index contributed by atoms with van der Waals surface area (Å²) >= 11 is 1.50. The van der Waals surface area contributed by atoms with E-state index in [1.807, 2.05) is 29.6 Å². The number of esters is 1. The summed E-state index contributed by atoms with van der Waals surface area (Å²) in [6.07, 6.45) is 0. The minimum Gasteiger partial charge on any atom is -0.497 e. The molecular weight excluding hydrogens is 288 g/mol. The number of ketones is 1. The first-order valence-electron chi connectivity index (χ1n) is 6.50. The molecule has 4 nitrogen and oxygen atoms in total. The van der Waals surface area contributed by atoms with Crippen LogP contribution >= 0.6 is 11.3 Å². The Bertz CT molecular complexity index is 687. The van der Waals surface area contributed by atoms with Crippen LogP contribution in [0.2, 0.25) is 0 Å². The van der Waals surface area contributed by atoms with Gasteiger partial charge in [0.2, 0.25) is 0 Å². The van der Waals surface area contributed by atoms with Gasteiger partial charge in [0.05, 0.1) is 14.2 Å². The zero-order valence-electron chi connectivity index (χ0n) is 11.7. The maximum Gasteiger partial charge on any atom is 0.317 e. The second-order valence-electron chi connectivity index (χ2n) is 4.81. The second-order valence-corrected chi connectivity index (χ2v) is 5.76. The number of carbonyl (C=O) groups is 2. The topological polar surface area (TPSA) is 52.6 Å². The highest BCUT2D eigenvalue weighted by Crippen LogP contribution is 2.45. The van der Waals surface area contributed by atoms with Gasteiger partial charge in [-0.2, -0.15) is 0 Å². The molecule has 0 bridgehead atoms. The van der Waals surface area contributed by atoms with Gasteiger partial charge in [-0.05, 0) is 29.1 Å². The van der Waals surface area contributed by atoms with Gasteiger partial charge in [0.25, 0.3) is 0 Å². The van der Waals surface area contributed by atoms with Crippen molar-refractivity contribution in [2.75, 3.05) is 14.2 Å². The SMILES string of the molecule is COC(=O)[C@@H]1C(=O)c2ccsc2[C@H]1c1ccc(OC)cc1. The molecule has 0 N–H and O–H groups in total. The van der Waals surface area contributed by atoms with Crippen LogP contribution in [0.5, 0.6) is 5.75 Å². The summed E-state index contributed by atoms with van der Waals surface area (Å²) in [5.74, 6) is -0.955. The van der Waals surface area contributed by atoms with Crippen molar-refractivity contribution < 1.29 is 19.1 Å². The molecule has 108 valence electrons. The van der Waals surface area contributed by atoms with E-state index in [1.165, 1.54) is 18.4 Å². The van der Waals surface area contributed by atoms with E-state index < -0.39 is 11.9 Å². The van der Waals surface area contributed by atoms with E-state index in [0.29, 0.717) is 5.56 Å². The number of fused-ring (bicyclic) bond motifs is 1. The summed E-state index contributed by atoms with van der Waals surface area (Å²) in [7, 11) is 2.91. The van der Waals surface area contributed by atoms with Crippen LogP contribution in [0.1, 0.15) is 26.7 Å². The molecular formula is C16H14O4S. The third-order valence-electron chi connectivity index (χ3n) is 3.79. The number of hydrogen-bond donors (Lipinski definition) is 0. The van der Waals surface area contributed by atoms with E-state index in [2.05, 4.69) is 0 Å². The van der Waals surface area contributed by atoms with Crippen molar-refractivity contribution in [1.82, 2.24) is 0 Å². The zero-order valence-corrected chi connectivity index (χ0v) is 12.5. The van der Waals surface area contributed by atoms with Crippen molar-refractivity contribution in [2.45, 2.75) is 5.92 Å². The molecule has 5 heteroatoms. The molecule has 3 rings (SSSR count). The van der Waals surface area contributed by atoms with E-state index in [9.17, 15) is 9.59 Å². The van der Waals surface area contributed by atoms with Gasteiger partial charge in [0, 0.05) is 16.4 Å². The fraction of sp³-hybridized carbons (Fsp3) is 0.250. The number of carbonyl (C=O) groups excluding carboxylic acids is 2. The number of Topliss-reactive ketones (excluding diaryl/α,β-unsaturated/α-hetero) is 1. The molecule has 0 spiro atoms. The monoisotopic (exact) mass is 302 g/mol. The van der Waals surface area contributed by atoms with Crippen molar-refractivity contribution in [3.8, 4) is 5.75 Å². The lowest BCUT2D eigenvalue weighted by atomic mass is 9.88. The summed E-state index contributed by atoms with van der Waals surface area (Å²) < 4.78 is 9.97. The summed E-state index contributed by atoms with van der Waals surface area (Å²) in [6, 6.07) is 9.23. The predicted molar refractivity (Wildman–Crippen MR) is 79.0 cm³/mol. The molecule has 1 aromatic heterocycles. The second kappa shape index (κ2) is 5.33. The Labute approximate surface area is 126 Å². The van der Waals surface area contributed by atoms with Gasteiger partial charge in [0.15, 0.2) is 5.78 Å². The Hall–Kier alpha value is -2.14. The Morgan fingerprint density at radius 1 is 1.14 bits per heavy atom. The lowest BCUT2D eigenvalue weighted by molar-refractivity contribution is -0.143. The molecule has 2 atom stereocenters. The van der Waals surface area contributed by atoms with Gasteiger partial charge in [0.1, 0.15) is 11.7 Å². The van der Waals surface area contributed by atoms with Gasteiger partial charge >= 0.3 is 5.97 Å². The lowest BCUT2D eigenvalue weighted by Gasteiger charge is -2.17. The number of methoxy groups -OCH3 is 2. The number of benzene rings is 1. The minimum absolute atomic E-state index is 0.154. The number of rotatable bonds is 3. The molecule has 1 heterocycles. The van der Waals surface area contributed by atoms with Crippen molar-refractivity contribution in [2.24, 2.45) is 5.92 Å². The fourth-order valence-electron chi connectivity index (χ4n) is 2.76. The highest BCUT2D eigenvalue weighted by atomic mass is 32.1. The first-order valence-corrected chi connectivity index (χ1v) is 7.38. The van der Waals surface area contributed by atoms with Crippen LogP contribution in [0.3, 0.4) is 0 Å². The Kier molecular flexibility index (Phi) is 3.51. The molecule has 0 fully saturated rings. The standard InChI is InChI=1S/C16H14O4S/c1-19-10-5-3-9(4-6-10)12-13(16(18)20-2)14(17)11-7-8-21-15(11)12/h3-8,12-13H,1-2H3/t12-,13-/m0/s1. The third-order valence-corrected chi connectivity index (χ3v) is 4.79. The molecule has 21 heavy (non-hydrogen) atoms. The van der Waals surface area contributed by atoms with Gasteiger partial charge in [-0.3, -0.25) is 9.59 Å². The summed E-state index contributed by atoms with van der Waals surface area (Å²) in [6.45, 7) is 0. The maximum atomic E-state index is 12.4. The average molecular weight is 302 g/mol. The highest BCUT2D eigenvalue weighted by Gasteiger charge is 2.46. The molecule has 1 aliphatic carbocycles. The van der Waals surface area contributed by atoms with Crippen LogP contribution in [-0.4, -0.2) is 26.0 Å². The number of hydrogen-bond acceptors (Lipinski definition) is 5. The maximum absolute atomic E-state index is 12.4. The number of thiophene rings is 1. The molecule has 1 aromatic carbocycles. The lowest BCUT2D eigenvalue weighted by Crippen LogP contribution is -2.26. The fourth-order valence-corrected chi connectivity index (χ4v) is 3.83. The van der Waals surface area contributed by atoms with Crippen LogP contribution in [0.4, 0.5) is 0 Å². The first kappa shape index (κ1) is 13.8. The highest BCUT2D eigenvalue weighted by molar-refractivity contribution is 7.10. The van der Waals surface area contributed by atoms with Gasteiger partial charge in [-0.15, -0.1) is 11.3 Å².